The Balaban J connectivity index is 1.66. The second kappa shape index (κ2) is 6.62. The minimum atomic E-state index is -0.0862. The molecule has 4 nitrogen and oxygen atoms in total. The topological polar surface area (TPSA) is 50.4 Å². The summed E-state index contributed by atoms with van der Waals surface area (Å²) in [5, 5.41) is 6.20. The summed E-state index contributed by atoms with van der Waals surface area (Å²) in [5.41, 5.74) is 3.94. The average molecular weight is 296 g/mol. The lowest BCUT2D eigenvalue weighted by Gasteiger charge is -2.08. The number of carbonyl (C=O) groups excluding carboxylic acids is 1. The molecule has 0 fully saturated rings. The van der Waals surface area contributed by atoms with Crippen LogP contribution in [0.25, 0.3) is 0 Å². The summed E-state index contributed by atoms with van der Waals surface area (Å²) < 4.78 is 5.53. The SMILES string of the molecule is CCCOc1ccc(NC(=O)c2ccc3c(c2)CNC3)cc1. The Kier molecular flexibility index (Phi) is 4.39. The third kappa shape index (κ3) is 3.28. The molecule has 1 aliphatic rings. The van der Waals surface area contributed by atoms with Crippen molar-refractivity contribution in [2.24, 2.45) is 0 Å². The van der Waals surface area contributed by atoms with Crippen LogP contribution < -0.4 is 15.4 Å². The van der Waals surface area contributed by atoms with E-state index in [0.29, 0.717) is 12.2 Å². The zero-order chi connectivity index (χ0) is 15.4. The van der Waals surface area contributed by atoms with E-state index in [0.717, 1.165) is 30.9 Å². The highest BCUT2D eigenvalue weighted by Crippen LogP contribution is 2.19. The largest absolute Gasteiger partial charge is 0.494 e. The number of nitrogens with one attached hydrogen (secondary N) is 2. The minimum Gasteiger partial charge on any atom is -0.494 e. The van der Waals surface area contributed by atoms with Gasteiger partial charge in [-0.05, 0) is 53.9 Å². The van der Waals surface area contributed by atoms with Crippen molar-refractivity contribution in [3.05, 3.63) is 59.2 Å². The van der Waals surface area contributed by atoms with Crippen molar-refractivity contribution in [2.45, 2.75) is 26.4 Å². The molecule has 3 rings (SSSR count). The maximum absolute atomic E-state index is 12.3. The maximum Gasteiger partial charge on any atom is 0.255 e. The van der Waals surface area contributed by atoms with Crippen molar-refractivity contribution < 1.29 is 9.53 Å². The third-order valence-electron chi connectivity index (χ3n) is 3.68. The van der Waals surface area contributed by atoms with Gasteiger partial charge in [0.2, 0.25) is 0 Å². The Hall–Kier alpha value is -2.33. The second-order valence-electron chi connectivity index (χ2n) is 5.41. The number of anilines is 1. The summed E-state index contributed by atoms with van der Waals surface area (Å²) in [6.07, 6.45) is 0.978. The molecule has 2 aromatic rings. The van der Waals surface area contributed by atoms with Crippen molar-refractivity contribution in [1.82, 2.24) is 5.32 Å². The molecule has 1 amide bonds. The van der Waals surface area contributed by atoms with Crippen LogP contribution in [0, 0.1) is 0 Å². The predicted molar refractivity (Wildman–Crippen MR) is 87.2 cm³/mol. The molecule has 4 heteroatoms. The molecule has 22 heavy (non-hydrogen) atoms. The molecule has 0 saturated carbocycles. The summed E-state index contributed by atoms with van der Waals surface area (Å²) in [5.74, 6) is 0.736. The van der Waals surface area contributed by atoms with Gasteiger partial charge in [0, 0.05) is 24.3 Å². The second-order valence-corrected chi connectivity index (χ2v) is 5.41. The summed E-state index contributed by atoms with van der Waals surface area (Å²) in [4.78, 5) is 12.3. The molecule has 114 valence electrons. The van der Waals surface area contributed by atoms with E-state index in [2.05, 4.69) is 17.6 Å². The van der Waals surface area contributed by atoms with Crippen molar-refractivity contribution in [1.29, 1.82) is 0 Å². The smallest absolute Gasteiger partial charge is 0.255 e. The third-order valence-corrected chi connectivity index (χ3v) is 3.68. The predicted octanol–water partition coefficient (Wildman–Crippen LogP) is 3.33. The van der Waals surface area contributed by atoms with E-state index in [1.54, 1.807) is 0 Å². The van der Waals surface area contributed by atoms with Gasteiger partial charge in [0.25, 0.3) is 5.91 Å². The Morgan fingerprint density at radius 2 is 1.91 bits per heavy atom. The lowest BCUT2D eigenvalue weighted by atomic mass is 10.1. The number of fused-ring (bicyclic) bond motifs is 1. The van der Waals surface area contributed by atoms with Gasteiger partial charge in [-0.15, -0.1) is 0 Å². The quantitative estimate of drug-likeness (QED) is 0.890. The molecule has 1 aliphatic heterocycles. The van der Waals surface area contributed by atoms with Crippen LogP contribution in [-0.2, 0) is 13.1 Å². The molecular weight excluding hydrogens is 276 g/mol. The van der Waals surface area contributed by atoms with E-state index in [9.17, 15) is 4.79 Å². The van der Waals surface area contributed by atoms with Crippen LogP contribution in [0.3, 0.4) is 0 Å². The first kappa shape index (κ1) is 14.6. The van der Waals surface area contributed by atoms with Gasteiger partial charge in [-0.25, -0.2) is 0 Å². The van der Waals surface area contributed by atoms with E-state index < -0.39 is 0 Å². The van der Waals surface area contributed by atoms with Crippen LogP contribution in [0.15, 0.2) is 42.5 Å². The Morgan fingerprint density at radius 1 is 1.14 bits per heavy atom. The molecule has 0 aliphatic carbocycles. The van der Waals surface area contributed by atoms with E-state index in [-0.39, 0.29) is 5.91 Å². The molecule has 2 N–H and O–H groups in total. The van der Waals surface area contributed by atoms with E-state index in [1.165, 1.54) is 11.1 Å². The van der Waals surface area contributed by atoms with E-state index >= 15 is 0 Å². The van der Waals surface area contributed by atoms with Gasteiger partial charge in [-0.2, -0.15) is 0 Å². The molecule has 0 unspecified atom stereocenters. The van der Waals surface area contributed by atoms with Crippen LogP contribution in [-0.4, -0.2) is 12.5 Å². The summed E-state index contributed by atoms with van der Waals surface area (Å²) >= 11 is 0. The van der Waals surface area contributed by atoms with Gasteiger partial charge < -0.3 is 15.4 Å². The fourth-order valence-electron chi connectivity index (χ4n) is 2.49. The van der Waals surface area contributed by atoms with E-state index in [1.807, 2.05) is 42.5 Å². The lowest BCUT2D eigenvalue weighted by Crippen LogP contribution is -2.12. The molecule has 0 atom stereocenters. The highest BCUT2D eigenvalue weighted by molar-refractivity contribution is 6.04. The fraction of sp³-hybridized carbons (Fsp3) is 0.278. The fourth-order valence-corrected chi connectivity index (χ4v) is 2.49. The number of ether oxygens (including phenoxy) is 1. The first-order valence-corrected chi connectivity index (χ1v) is 7.63. The maximum atomic E-state index is 12.3. The van der Waals surface area contributed by atoms with Crippen LogP contribution in [0.1, 0.15) is 34.8 Å². The zero-order valence-corrected chi connectivity index (χ0v) is 12.7. The average Bonchev–Trinajstić information content (AvgIpc) is 3.01. The first-order chi connectivity index (χ1) is 10.8. The summed E-state index contributed by atoms with van der Waals surface area (Å²) in [6.45, 7) is 4.49. The number of benzene rings is 2. The molecule has 0 radical (unpaired) electrons. The lowest BCUT2D eigenvalue weighted by molar-refractivity contribution is 0.102. The van der Waals surface area contributed by atoms with Gasteiger partial charge in [0.15, 0.2) is 0 Å². The Morgan fingerprint density at radius 3 is 2.68 bits per heavy atom. The zero-order valence-electron chi connectivity index (χ0n) is 12.7. The monoisotopic (exact) mass is 296 g/mol. The molecular formula is C18H20N2O2. The van der Waals surface area contributed by atoms with E-state index in [4.69, 9.17) is 4.74 Å². The molecule has 0 bridgehead atoms. The Bertz CT molecular complexity index is 665. The number of rotatable bonds is 5. The molecule has 0 saturated heterocycles. The Labute approximate surface area is 130 Å². The molecule has 0 spiro atoms. The molecule has 2 aromatic carbocycles. The van der Waals surface area contributed by atoms with Crippen molar-refractivity contribution in [3.63, 3.8) is 0 Å². The van der Waals surface area contributed by atoms with Gasteiger partial charge in [-0.3, -0.25) is 4.79 Å². The van der Waals surface area contributed by atoms with Gasteiger partial charge >= 0.3 is 0 Å². The van der Waals surface area contributed by atoms with Crippen LogP contribution in [0.4, 0.5) is 5.69 Å². The highest BCUT2D eigenvalue weighted by atomic mass is 16.5. The van der Waals surface area contributed by atoms with Crippen LogP contribution in [0.2, 0.25) is 0 Å². The summed E-state index contributed by atoms with van der Waals surface area (Å²) in [7, 11) is 0. The minimum absolute atomic E-state index is 0.0862. The van der Waals surface area contributed by atoms with Crippen LogP contribution >= 0.6 is 0 Å². The number of hydrogen-bond donors (Lipinski definition) is 2. The number of amides is 1. The molecule has 1 heterocycles. The summed E-state index contributed by atoms with van der Waals surface area (Å²) in [6, 6.07) is 13.3. The number of hydrogen-bond acceptors (Lipinski definition) is 3. The van der Waals surface area contributed by atoms with Crippen LogP contribution in [0.5, 0.6) is 5.75 Å². The van der Waals surface area contributed by atoms with Gasteiger partial charge in [-0.1, -0.05) is 13.0 Å². The van der Waals surface area contributed by atoms with Crippen molar-refractivity contribution >= 4 is 11.6 Å². The van der Waals surface area contributed by atoms with Gasteiger partial charge in [0.05, 0.1) is 6.61 Å². The van der Waals surface area contributed by atoms with Gasteiger partial charge in [0.1, 0.15) is 5.75 Å². The van der Waals surface area contributed by atoms with Crippen molar-refractivity contribution in [3.8, 4) is 5.75 Å². The first-order valence-electron chi connectivity index (χ1n) is 7.63. The van der Waals surface area contributed by atoms with Crippen molar-refractivity contribution in [2.75, 3.05) is 11.9 Å². The molecule has 0 aromatic heterocycles. The highest BCUT2D eigenvalue weighted by Gasteiger charge is 2.13. The normalized spacial score (nSPS) is 12.8. The number of carbonyl (C=O) groups is 1. The standard InChI is InChI=1S/C18H20N2O2/c1-2-9-22-17-7-5-16(6-8-17)20-18(21)13-3-4-14-11-19-12-15(14)10-13/h3-8,10,19H,2,9,11-12H2,1H3,(H,20,21).